The number of aromatic hydroxyl groups is 2. The normalized spacial score (nSPS) is 17.5. The van der Waals surface area contributed by atoms with Crippen molar-refractivity contribution in [2.24, 2.45) is 5.73 Å². The third kappa shape index (κ3) is 10.9. The van der Waals surface area contributed by atoms with E-state index in [-0.39, 0.29) is 46.8 Å². The van der Waals surface area contributed by atoms with E-state index in [1.54, 1.807) is 55.5 Å². The van der Waals surface area contributed by atoms with Crippen molar-refractivity contribution < 1.29 is 39.0 Å². The van der Waals surface area contributed by atoms with E-state index in [9.17, 15) is 39.0 Å². The fourth-order valence-corrected chi connectivity index (χ4v) is 7.23. The third-order valence-corrected chi connectivity index (χ3v) is 10.8. The van der Waals surface area contributed by atoms with Gasteiger partial charge in [-0.15, -0.1) is 0 Å². The van der Waals surface area contributed by atoms with E-state index in [0.717, 1.165) is 16.0 Å². The first-order valence-corrected chi connectivity index (χ1v) is 20.2. The van der Waals surface area contributed by atoms with Crippen LogP contribution in [0.3, 0.4) is 0 Å². The highest BCUT2D eigenvalue weighted by atomic mass is 35.5. The summed E-state index contributed by atoms with van der Waals surface area (Å²) in [6.07, 6.45) is 1.48. The van der Waals surface area contributed by atoms with Gasteiger partial charge in [-0.1, -0.05) is 54.9 Å². The molecule has 60 heavy (non-hydrogen) atoms. The van der Waals surface area contributed by atoms with Gasteiger partial charge in [0.2, 0.25) is 23.6 Å². The van der Waals surface area contributed by atoms with Crippen LogP contribution in [-0.4, -0.2) is 88.2 Å². The second kappa shape index (κ2) is 20.1. The van der Waals surface area contributed by atoms with Crippen molar-refractivity contribution >= 4 is 46.9 Å². The van der Waals surface area contributed by atoms with Crippen molar-refractivity contribution in [3.8, 4) is 33.8 Å². The Morgan fingerprint density at radius 1 is 0.833 bits per heavy atom. The number of Topliss-reactive ketones (excluding diaryl/α,β-unsaturated/α-hetero) is 1. The average Bonchev–Trinajstić information content (AvgIpc) is 3.23. The van der Waals surface area contributed by atoms with Crippen LogP contribution in [0, 0.1) is 0 Å². The number of nitrogens with one attached hydrogen (secondary N) is 4. The summed E-state index contributed by atoms with van der Waals surface area (Å²) < 4.78 is 0. The van der Waals surface area contributed by atoms with Gasteiger partial charge in [-0.05, 0) is 117 Å². The topological polar surface area (TPSA) is 220 Å². The highest BCUT2D eigenvalue weighted by Gasteiger charge is 2.36. The fourth-order valence-electron chi connectivity index (χ4n) is 7.10. The van der Waals surface area contributed by atoms with Gasteiger partial charge in [0.15, 0.2) is 5.78 Å². The summed E-state index contributed by atoms with van der Waals surface area (Å²) in [5.74, 6) is -4.03. The molecule has 0 saturated carbocycles. The Morgan fingerprint density at radius 3 is 2.07 bits per heavy atom. The molecule has 1 aliphatic rings. The minimum atomic E-state index is -1.42. The van der Waals surface area contributed by atoms with E-state index in [1.807, 2.05) is 12.1 Å². The maximum Gasteiger partial charge on any atom is 0.251 e. The number of ketones is 1. The van der Waals surface area contributed by atoms with Gasteiger partial charge in [0.25, 0.3) is 5.91 Å². The maximum atomic E-state index is 14.5. The number of carbonyl (C=O) groups excluding carboxylic acids is 6. The Bertz CT molecular complexity index is 2230. The third-order valence-electron chi connectivity index (χ3n) is 10.6. The van der Waals surface area contributed by atoms with Crippen LogP contribution in [0.5, 0.6) is 11.5 Å². The number of nitrogens with zero attached hydrogens (tertiary/aromatic N) is 1. The molecule has 5 atom stereocenters. The molecule has 4 aromatic rings. The minimum absolute atomic E-state index is 0.0655. The Balaban J connectivity index is 1.50. The molecule has 1 heterocycles. The average molecular weight is 839 g/mol. The molecule has 5 rings (SSSR count). The smallest absolute Gasteiger partial charge is 0.251 e. The molecule has 14 nitrogen and oxygen atoms in total. The molecule has 0 saturated heterocycles. The number of hydrogen-bond donors (Lipinski definition) is 7. The highest BCUT2D eigenvalue weighted by Crippen LogP contribution is 2.39. The molecule has 316 valence electrons. The van der Waals surface area contributed by atoms with Crippen LogP contribution in [0.2, 0.25) is 5.02 Å². The number of likely N-dealkylation sites (N-methyl/N-ethyl adjacent to an activating group) is 1. The van der Waals surface area contributed by atoms with Gasteiger partial charge in [-0.25, -0.2) is 0 Å². The zero-order valence-electron chi connectivity index (χ0n) is 34.0. The van der Waals surface area contributed by atoms with E-state index >= 15 is 0 Å². The van der Waals surface area contributed by atoms with Crippen molar-refractivity contribution in [3.05, 3.63) is 107 Å². The number of nitrogens with two attached hydrogens (primary N) is 1. The predicted octanol–water partition coefficient (Wildman–Crippen LogP) is 4.54. The summed E-state index contributed by atoms with van der Waals surface area (Å²) >= 11 is 6.04. The van der Waals surface area contributed by atoms with Crippen LogP contribution in [0.4, 0.5) is 0 Å². The first-order chi connectivity index (χ1) is 28.6. The summed E-state index contributed by atoms with van der Waals surface area (Å²) in [6, 6.07) is 17.1. The zero-order valence-corrected chi connectivity index (χ0v) is 34.7. The molecule has 4 bridgehead atoms. The van der Waals surface area contributed by atoms with Gasteiger partial charge in [0, 0.05) is 35.2 Å². The van der Waals surface area contributed by atoms with Crippen molar-refractivity contribution in [1.82, 2.24) is 26.2 Å². The zero-order chi connectivity index (χ0) is 43.7. The van der Waals surface area contributed by atoms with Crippen LogP contribution in [0.25, 0.3) is 22.3 Å². The SMILES string of the molecule is CC[C@H](NC(=O)C1Cc2ccc(O)c(c2)-c2cc(ccc2O)[C@H](N(C)C(=O)[C@H](CCCCN)NC(=O)c2ccc(-c3ccc(Cl)cc3)cc2)C(=O)N[C@@H](C)C(=O)N1)C(C)=O. The van der Waals surface area contributed by atoms with E-state index in [4.69, 9.17) is 17.3 Å². The summed E-state index contributed by atoms with van der Waals surface area (Å²) in [7, 11) is 1.40. The summed E-state index contributed by atoms with van der Waals surface area (Å²) in [6.45, 7) is 4.86. The summed E-state index contributed by atoms with van der Waals surface area (Å²) in [5.41, 5.74) is 8.82. The molecular weight excluding hydrogens is 788 g/mol. The molecule has 4 aromatic carbocycles. The molecule has 15 heteroatoms. The number of phenolic OH excluding ortho intramolecular Hbond substituents is 2. The lowest BCUT2D eigenvalue weighted by molar-refractivity contribution is -0.141. The number of rotatable bonds is 13. The van der Waals surface area contributed by atoms with Crippen LogP contribution < -0.4 is 27.0 Å². The number of phenols is 2. The number of halogens is 1. The number of benzene rings is 4. The number of fused-ring (bicyclic) bond motifs is 5. The van der Waals surface area contributed by atoms with Gasteiger partial charge >= 0.3 is 0 Å². The predicted molar refractivity (Wildman–Crippen MR) is 228 cm³/mol. The van der Waals surface area contributed by atoms with Gasteiger partial charge in [0.1, 0.15) is 35.7 Å². The first-order valence-electron chi connectivity index (χ1n) is 19.8. The fraction of sp³-hybridized carbons (Fsp3) is 0.333. The molecule has 1 aliphatic heterocycles. The van der Waals surface area contributed by atoms with Gasteiger partial charge in [-0.3, -0.25) is 28.8 Å². The molecule has 8 N–H and O–H groups in total. The maximum absolute atomic E-state index is 14.5. The lowest BCUT2D eigenvalue weighted by atomic mass is 9.93. The second-order valence-corrected chi connectivity index (χ2v) is 15.4. The van der Waals surface area contributed by atoms with Crippen LogP contribution in [0.15, 0.2) is 84.9 Å². The Morgan fingerprint density at radius 2 is 1.45 bits per heavy atom. The van der Waals surface area contributed by atoms with E-state index < -0.39 is 59.7 Å². The standard InChI is InChI=1S/C45H51ClN6O8/c1-5-35(26(3)53)49-43(58)37-23-27-9-19-38(54)33(22-27)34-24-31(16-20-39(34)55)40(44(59)48-25(2)41(56)51-37)52(4)45(60)36(8-6-7-21-47)50-42(57)30-12-10-28(11-13-30)29-14-17-32(46)18-15-29/h9-20,22,24-25,35-37,40,54-55H,5-8,21,23,47H2,1-4H3,(H,48,59)(H,49,58)(H,50,57)(H,51,56)/t25-,35-,36-,37?,40-/m0/s1. The quantitative estimate of drug-likeness (QED) is 0.0939. The van der Waals surface area contributed by atoms with Crippen molar-refractivity contribution in [3.63, 3.8) is 0 Å². The lowest BCUT2D eigenvalue weighted by Gasteiger charge is -2.32. The number of hydrogen-bond acceptors (Lipinski definition) is 9. The van der Waals surface area contributed by atoms with E-state index in [1.165, 1.54) is 45.2 Å². The Labute approximate surface area is 353 Å². The van der Waals surface area contributed by atoms with Gasteiger partial charge in [-0.2, -0.15) is 0 Å². The minimum Gasteiger partial charge on any atom is -0.507 e. The second-order valence-electron chi connectivity index (χ2n) is 15.0. The number of carbonyl (C=O) groups is 6. The number of unbranched alkanes of at least 4 members (excludes halogenated alkanes) is 1. The molecule has 5 amide bonds. The Kier molecular flexibility index (Phi) is 15.1. The molecule has 0 aromatic heterocycles. The molecule has 1 unspecified atom stereocenters. The van der Waals surface area contributed by atoms with Crippen molar-refractivity contribution in [2.75, 3.05) is 13.6 Å². The van der Waals surface area contributed by atoms with Crippen molar-refractivity contribution in [1.29, 1.82) is 0 Å². The van der Waals surface area contributed by atoms with E-state index in [2.05, 4.69) is 21.3 Å². The monoisotopic (exact) mass is 838 g/mol. The summed E-state index contributed by atoms with van der Waals surface area (Å²) in [5, 5.41) is 33.6. The molecule has 0 aliphatic carbocycles. The molecule has 0 spiro atoms. The van der Waals surface area contributed by atoms with Crippen LogP contribution in [0.1, 0.15) is 74.0 Å². The van der Waals surface area contributed by atoms with Crippen LogP contribution in [-0.2, 0) is 30.4 Å². The van der Waals surface area contributed by atoms with E-state index in [0.29, 0.717) is 42.0 Å². The highest BCUT2D eigenvalue weighted by molar-refractivity contribution is 6.30. The van der Waals surface area contributed by atoms with Gasteiger partial charge in [0.05, 0.1) is 6.04 Å². The molecule has 0 fully saturated rings. The van der Waals surface area contributed by atoms with Crippen LogP contribution >= 0.6 is 11.6 Å². The Hall–Kier alpha value is -6.25. The lowest BCUT2D eigenvalue weighted by Crippen LogP contribution is -2.57. The first kappa shape index (κ1) is 44.8. The summed E-state index contributed by atoms with van der Waals surface area (Å²) in [4.78, 5) is 83.2. The molecular formula is C45H51ClN6O8. The largest absolute Gasteiger partial charge is 0.507 e. The molecule has 0 radical (unpaired) electrons. The van der Waals surface area contributed by atoms with Gasteiger partial charge < -0.3 is 42.1 Å². The number of amides is 5. The van der Waals surface area contributed by atoms with Crippen molar-refractivity contribution in [2.45, 2.75) is 83.1 Å².